The summed E-state index contributed by atoms with van der Waals surface area (Å²) in [6.45, 7) is 1.74. The van der Waals surface area contributed by atoms with Gasteiger partial charge in [0.05, 0.1) is 0 Å². The molecule has 1 fully saturated rings. The van der Waals surface area contributed by atoms with E-state index in [1.54, 1.807) is 6.92 Å². The molecule has 1 saturated heterocycles. The molecule has 0 spiro atoms. The molecule has 1 aliphatic rings. The molecule has 0 amide bonds. The first kappa shape index (κ1) is 9.86. The largest absolute Gasteiger partial charge is 0.480 e. The topological polar surface area (TPSA) is 40.5 Å². The summed E-state index contributed by atoms with van der Waals surface area (Å²) in [5, 5.41) is 8.76. The molecule has 0 aromatic carbocycles. The first-order chi connectivity index (χ1) is 5.63. The number of carbonyl (C=O) groups is 1. The molecule has 0 bridgehead atoms. The fraction of sp³-hybridized carbons (Fsp3) is 0.875. The van der Waals surface area contributed by atoms with Crippen LogP contribution in [0.2, 0.25) is 0 Å². The van der Waals surface area contributed by atoms with E-state index in [0.29, 0.717) is 6.04 Å². The van der Waals surface area contributed by atoms with Crippen LogP contribution in [0.5, 0.6) is 0 Å². The van der Waals surface area contributed by atoms with Crippen molar-refractivity contribution < 1.29 is 9.90 Å². The van der Waals surface area contributed by atoms with Crippen LogP contribution in [0.4, 0.5) is 0 Å². The standard InChI is InChI=1S/C8H15NO2S/c1-6(8(10)11)9(2)7-3-4-12-5-7/h6-7H,3-5H2,1-2H3,(H,10,11). The fourth-order valence-electron chi connectivity index (χ4n) is 1.33. The molecule has 0 radical (unpaired) electrons. The first-order valence-electron chi connectivity index (χ1n) is 4.15. The number of carboxylic acid groups (broad SMARTS) is 1. The van der Waals surface area contributed by atoms with Gasteiger partial charge in [0, 0.05) is 11.8 Å². The summed E-state index contributed by atoms with van der Waals surface area (Å²) in [5.41, 5.74) is 0. The summed E-state index contributed by atoms with van der Waals surface area (Å²) in [5.74, 6) is 1.52. The van der Waals surface area contributed by atoms with Gasteiger partial charge < -0.3 is 5.11 Å². The van der Waals surface area contributed by atoms with Gasteiger partial charge >= 0.3 is 5.97 Å². The average molecular weight is 189 g/mol. The third kappa shape index (κ3) is 2.14. The predicted molar refractivity (Wildman–Crippen MR) is 50.6 cm³/mol. The van der Waals surface area contributed by atoms with E-state index in [1.165, 1.54) is 5.75 Å². The number of rotatable bonds is 3. The van der Waals surface area contributed by atoms with Crippen molar-refractivity contribution in [1.29, 1.82) is 0 Å². The van der Waals surface area contributed by atoms with E-state index in [1.807, 2.05) is 23.7 Å². The number of nitrogens with zero attached hydrogens (tertiary/aromatic N) is 1. The van der Waals surface area contributed by atoms with Crippen LogP contribution in [0.1, 0.15) is 13.3 Å². The Kier molecular flexibility index (Phi) is 3.40. The molecular formula is C8H15NO2S. The Labute approximate surface area is 77.1 Å². The summed E-state index contributed by atoms with van der Waals surface area (Å²) in [6.07, 6.45) is 1.12. The van der Waals surface area contributed by atoms with E-state index < -0.39 is 5.97 Å². The van der Waals surface area contributed by atoms with Crippen molar-refractivity contribution in [2.24, 2.45) is 0 Å². The molecular weight excluding hydrogens is 174 g/mol. The van der Waals surface area contributed by atoms with Crippen molar-refractivity contribution in [3.63, 3.8) is 0 Å². The van der Waals surface area contributed by atoms with Crippen LogP contribution in [0.15, 0.2) is 0 Å². The van der Waals surface area contributed by atoms with Gasteiger partial charge in [0.2, 0.25) is 0 Å². The molecule has 2 unspecified atom stereocenters. The fourth-order valence-corrected chi connectivity index (χ4v) is 2.61. The molecule has 0 aromatic heterocycles. The minimum atomic E-state index is -0.727. The van der Waals surface area contributed by atoms with Crippen LogP contribution < -0.4 is 0 Å². The number of likely N-dealkylation sites (N-methyl/N-ethyl adjacent to an activating group) is 1. The monoisotopic (exact) mass is 189 g/mol. The lowest BCUT2D eigenvalue weighted by atomic mass is 10.2. The molecule has 1 aliphatic heterocycles. The van der Waals surface area contributed by atoms with Gasteiger partial charge in [-0.15, -0.1) is 0 Å². The number of hydrogen-bond donors (Lipinski definition) is 1. The lowest BCUT2D eigenvalue weighted by Crippen LogP contribution is -2.42. The van der Waals surface area contributed by atoms with Crippen molar-refractivity contribution in [2.75, 3.05) is 18.6 Å². The number of thioether (sulfide) groups is 1. The number of carboxylic acids is 1. The van der Waals surface area contributed by atoms with Gasteiger partial charge in [-0.25, -0.2) is 0 Å². The van der Waals surface area contributed by atoms with Crippen molar-refractivity contribution in [3.05, 3.63) is 0 Å². The molecule has 0 aromatic rings. The minimum absolute atomic E-state index is 0.353. The molecule has 70 valence electrons. The highest BCUT2D eigenvalue weighted by Crippen LogP contribution is 2.22. The molecule has 0 saturated carbocycles. The average Bonchev–Trinajstić information content (AvgIpc) is 2.53. The second-order valence-corrected chi connectivity index (χ2v) is 4.35. The maximum Gasteiger partial charge on any atom is 0.320 e. The third-order valence-corrected chi connectivity index (χ3v) is 3.59. The van der Waals surface area contributed by atoms with Crippen LogP contribution >= 0.6 is 11.8 Å². The summed E-state index contributed by atoms with van der Waals surface area (Å²) < 4.78 is 0. The van der Waals surface area contributed by atoms with Crippen LogP contribution in [0.3, 0.4) is 0 Å². The van der Waals surface area contributed by atoms with Crippen molar-refractivity contribution in [2.45, 2.75) is 25.4 Å². The molecule has 1 rings (SSSR count). The third-order valence-electron chi connectivity index (χ3n) is 2.45. The molecule has 0 aliphatic carbocycles. The van der Waals surface area contributed by atoms with Crippen molar-refractivity contribution in [1.82, 2.24) is 4.90 Å². The lowest BCUT2D eigenvalue weighted by Gasteiger charge is -2.26. The Morgan fingerprint density at radius 3 is 2.83 bits per heavy atom. The molecule has 4 heteroatoms. The molecule has 2 atom stereocenters. The Balaban J connectivity index is 2.44. The number of aliphatic carboxylic acids is 1. The maximum atomic E-state index is 10.6. The zero-order valence-corrected chi connectivity index (χ0v) is 8.30. The zero-order chi connectivity index (χ0) is 9.14. The number of hydrogen-bond acceptors (Lipinski definition) is 3. The zero-order valence-electron chi connectivity index (χ0n) is 7.49. The predicted octanol–water partition coefficient (Wildman–Crippen LogP) is 0.897. The van der Waals surface area contributed by atoms with Crippen LogP contribution in [-0.4, -0.2) is 46.6 Å². The van der Waals surface area contributed by atoms with Gasteiger partial charge in [-0.3, -0.25) is 9.69 Å². The second kappa shape index (κ2) is 4.14. The normalized spacial score (nSPS) is 26.1. The Hall–Kier alpha value is -0.220. The SMILES string of the molecule is CC(C(=O)O)N(C)C1CCSC1. The molecule has 1 N–H and O–H groups in total. The second-order valence-electron chi connectivity index (χ2n) is 3.20. The van der Waals surface area contributed by atoms with E-state index in [-0.39, 0.29) is 6.04 Å². The Bertz CT molecular complexity index is 168. The van der Waals surface area contributed by atoms with E-state index in [9.17, 15) is 4.79 Å². The quantitative estimate of drug-likeness (QED) is 0.716. The highest BCUT2D eigenvalue weighted by molar-refractivity contribution is 7.99. The lowest BCUT2D eigenvalue weighted by molar-refractivity contribution is -0.142. The Morgan fingerprint density at radius 1 is 1.75 bits per heavy atom. The summed E-state index contributed by atoms with van der Waals surface area (Å²) in [6, 6.07) is 0.106. The van der Waals surface area contributed by atoms with E-state index in [4.69, 9.17) is 5.11 Å². The van der Waals surface area contributed by atoms with E-state index >= 15 is 0 Å². The van der Waals surface area contributed by atoms with Crippen molar-refractivity contribution in [3.8, 4) is 0 Å². The van der Waals surface area contributed by atoms with Crippen LogP contribution in [0, 0.1) is 0 Å². The van der Waals surface area contributed by atoms with Crippen molar-refractivity contribution >= 4 is 17.7 Å². The van der Waals surface area contributed by atoms with Gasteiger partial charge in [0.1, 0.15) is 6.04 Å². The van der Waals surface area contributed by atoms with Gasteiger partial charge in [-0.1, -0.05) is 0 Å². The maximum absolute atomic E-state index is 10.6. The highest BCUT2D eigenvalue weighted by atomic mass is 32.2. The van der Waals surface area contributed by atoms with Gasteiger partial charge in [0.25, 0.3) is 0 Å². The van der Waals surface area contributed by atoms with Gasteiger partial charge in [-0.05, 0) is 26.1 Å². The smallest absolute Gasteiger partial charge is 0.320 e. The summed E-state index contributed by atoms with van der Waals surface area (Å²) >= 11 is 1.91. The molecule has 3 nitrogen and oxygen atoms in total. The highest BCUT2D eigenvalue weighted by Gasteiger charge is 2.26. The van der Waals surface area contributed by atoms with Gasteiger partial charge in [0.15, 0.2) is 0 Å². The Morgan fingerprint density at radius 2 is 2.42 bits per heavy atom. The van der Waals surface area contributed by atoms with Crippen LogP contribution in [-0.2, 0) is 4.79 Å². The summed E-state index contributed by atoms with van der Waals surface area (Å²) in [4.78, 5) is 12.6. The molecule has 12 heavy (non-hydrogen) atoms. The summed E-state index contributed by atoms with van der Waals surface area (Å²) in [7, 11) is 1.90. The van der Waals surface area contributed by atoms with E-state index in [0.717, 1.165) is 12.2 Å². The van der Waals surface area contributed by atoms with Crippen LogP contribution in [0.25, 0.3) is 0 Å². The molecule has 1 heterocycles. The van der Waals surface area contributed by atoms with Gasteiger partial charge in [-0.2, -0.15) is 11.8 Å². The minimum Gasteiger partial charge on any atom is -0.480 e. The van der Waals surface area contributed by atoms with E-state index in [2.05, 4.69) is 0 Å². The first-order valence-corrected chi connectivity index (χ1v) is 5.31.